The van der Waals surface area contributed by atoms with Gasteiger partial charge in [-0.15, -0.1) is 0 Å². The molecule has 5 aliphatic heterocycles. The van der Waals surface area contributed by atoms with Gasteiger partial charge in [-0.3, -0.25) is 0 Å². The number of benzene rings is 5. The molecule has 48 heteroatoms. The van der Waals surface area contributed by atoms with E-state index in [-0.39, 0.29) is 85.7 Å². The molecule has 5 aromatic heterocycles. The van der Waals surface area contributed by atoms with E-state index >= 15 is 0 Å². The van der Waals surface area contributed by atoms with Gasteiger partial charge < -0.3 is 64.5 Å². The molecule has 10 heterocycles. The highest BCUT2D eigenvalue weighted by Gasteiger charge is 2.41. The molecule has 794 valence electrons. The van der Waals surface area contributed by atoms with Crippen LogP contribution in [0, 0.1) is 43.2 Å². The first kappa shape index (κ1) is 102. The van der Waals surface area contributed by atoms with Gasteiger partial charge in [-0.1, -0.05) is 32.0 Å². The standard InChI is InChI=1S/C21H27N5O4S.C21H27N5O3S.2C20H25N5O4S.C19H23N5O3S/c1-12-14-5-3-7-16(14)19(17-8-4-6-15(12)17)24-21(27)25-31(22,28)18-9-23-26-10-13(29-2)11-30-20(18)26;1-21(2)11-26-19(29-12-21)17(10-23-26)30(22,28)25-20(27)24-18-15-7-3-5-13(15)9-14-6-4-8-16(14)18;2*1-28-14-10-25-19(29-11-14)17(9-22-25)30(21,27)24-20(26)23-18-15-6-2-4-12(15)8-13-5-3-7-16(13)18;1-11-12-4-2-6-14(12)17(15-7-3-5-13(11)15)22-19(25)23-28(20,26)16-10-21-24-8-9-27-18(16)24/h9,13H,3-8,10-11H2,1-2H3,(H3,22,24,25,27,28);9-10H,3-8,11-12H2,1-2H3,(H3,22,24,25,27,28);2*8-9,14H,2-7,10-11H2,1H3,(H3,21,23,24,26,27);10H,2-9H2,1H3,(H3,20,22,23,25,26)/t13-,31?;;2*14-,30?;/m0.00./s1. The van der Waals surface area contributed by atoms with Crippen molar-refractivity contribution in [2.75, 3.05) is 80.9 Å². The molecule has 0 spiro atoms. The van der Waals surface area contributed by atoms with Crippen molar-refractivity contribution in [2.24, 2.45) is 5.41 Å². The second-order valence-corrected chi connectivity index (χ2v) is 50.1. The summed E-state index contributed by atoms with van der Waals surface area (Å²) in [5, 5.41) is 35.4. The Kier molecular flexibility index (Phi) is 27.9. The summed E-state index contributed by atoms with van der Waals surface area (Å²) in [5.41, 5.74) is 32.0. The highest BCUT2D eigenvalue weighted by atomic mass is 32.2. The van der Waals surface area contributed by atoms with Crippen molar-refractivity contribution in [3.05, 3.63) is 172 Å². The van der Waals surface area contributed by atoms with Crippen LogP contribution in [0.3, 0.4) is 0 Å². The van der Waals surface area contributed by atoms with E-state index in [1.54, 1.807) is 30.7 Å². The van der Waals surface area contributed by atoms with Crippen LogP contribution in [0.1, 0.15) is 200 Å². The van der Waals surface area contributed by atoms with Crippen LogP contribution < -0.4 is 73.9 Å². The van der Waals surface area contributed by atoms with E-state index in [4.69, 9.17) is 61.8 Å². The fourth-order valence-electron chi connectivity index (χ4n) is 24.1. The summed E-state index contributed by atoms with van der Waals surface area (Å²) in [6, 6.07) is 3.68. The van der Waals surface area contributed by atoms with Crippen molar-refractivity contribution >= 4 is 108 Å². The number of carbonyl (C=O) groups is 5. The largest absolute Gasteiger partial charge is 0.476 e. The van der Waals surface area contributed by atoms with Gasteiger partial charge in [0, 0.05) is 55.2 Å². The monoisotopic (exact) mass is 2140 g/mol. The van der Waals surface area contributed by atoms with Crippen LogP contribution in [0.25, 0.3) is 0 Å². The Labute approximate surface area is 865 Å². The molecule has 43 nitrogen and oxygen atoms in total. The van der Waals surface area contributed by atoms with Gasteiger partial charge >= 0.3 is 30.2 Å². The number of carbonyl (C=O) groups excluding carboxylic acids is 5. The minimum absolute atomic E-state index is 0.0655. The topological polar surface area (TPSA) is 573 Å². The predicted octanol–water partition coefficient (Wildman–Crippen LogP) is 13.7. The number of rotatable bonds is 18. The molecule has 0 fully saturated rings. The lowest BCUT2D eigenvalue weighted by Gasteiger charge is -2.30. The minimum Gasteiger partial charge on any atom is -0.476 e. The van der Waals surface area contributed by atoms with E-state index in [1.807, 2.05) is 0 Å². The maximum atomic E-state index is 13.1. The summed E-state index contributed by atoms with van der Waals surface area (Å²) >= 11 is 0. The molecule has 5 aromatic carbocycles. The van der Waals surface area contributed by atoms with Gasteiger partial charge in [-0.2, -0.15) is 25.5 Å². The number of hydrogen-bond acceptors (Lipinski definition) is 28. The number of ether oxygens (including phenoxy) is 8. The van der Waals surface area contributed by atoms with Crippen molar-refractivity contribution in [1.82, 2.24) is 72.5 Å². The molecule has 149 heavy (non-hydrogen) atoms. The number of amides is 10. The number of nitrogens with zero attached hydrogens (tertiary/aromatic N) is 10. The van der Waals surface area contributed by atoms with E-state index in [2.05, 4.69) is 122 Å². The summed E-state index contributed by atoms with van der Waals surface area (Å²) in [6.45, 7) is 12.7. The Balaban J connectivity index is 0.000000109. The van der Waals surface area contributed by atoms with Gasteiger partial charge in [-0.05, 0) is 329 Å². The number of methoxy groups -OCH3 is 3. The third kappa shape index (κ3) is 20.1. The van der Waals surface area contributed by atoms with Crippen LogP contribution in [-0.2, 0) is 225 Å². The van der Waals surface area contributed by atoms with Crippen molar-refractivity contribution in [2.45, 2.75) is 296 Å². The highest BCUT2D eigenvalue weighted by Crippen LogP contribution is 2.48. The molecule has 0 radical (unpaired) electrons. The van der Waals surface area contributed by atoms with Gasteiger partial charge in [-0.25, -0.2) is 116 Å². The minimum atomic E-state index is -3.65. The average Bonchev–Trinajstić information content (AvgIpc) is 1.62. The Morgan fingerprint density at radius 3 is 0.805 bits per heavy atom. The normalized spacial score (nSPS) is 20.5. The maximum absolute atomic E-state index is 13.1. The number of anilines is 5. The third-order valence-electron chi connectivity index (χ3n) is 31.1. The Hall–Kier alpha value is -12.9. The molecule has 10 aromatic rings. The SMILES string of the molecule is CC1(C)COc2c(S(=N)(=O)NC(=O)Nc3c4c(cc5c3CCC5)CCC4)cnn2C1.CO[C@@H]1COc2c(S(=N)(=O)NC(=O)Nc3c4c(c(C)c5c3CCC5)CCC4)cnn2C1.CO[C@@H]1COc2c(S(=N)(=O)NC(=O)Nc3c4c(cc5c3CCC5)CCC4)cnn2C1.CO[C@@H]1COc2c(S(=N)(=O)NC(=O)Nc3c4c(cc5c3CCC5)CCC4)cnn2C1.Cc1c2c(c(NC(=O)NS(=N)(=O)c3cnn4c3OCC4)c3c1CCC3)CCC2. The second kappa shape index (κ2) is 40.8. The molecule has 5 unspecified atom stereocenters. The summed E-state index contributed by atoms with van der Waals surface area (Å²) < 4.78 is 170. The molecule has 0 bridgehead atoms. The van der Waals surface area contributed by atoms with Gasteiger partial charge in [0.25, 0.3) is 0 Å². The zero-order chi connectivity index (χ0) is 104. The van der Waals surface area contributed by atoms with E-state index < -0.39 is 79.7 Å². The molecule has 25 rings (SSSR count). The van der Waals surface area contributed by atoms with Crippen molar-refractivity contribution in [3.8, 4) is 29.4 Å². The number of urea groups is 5. The van der Waals surface area contributed by atoms with Crippen molar-refractivity contribution in [3.63, 3.8) is 0 Å². The van der Waals surface area contributed by atoms with Crippen LogP contribution in [-0.4, -0.2) is 173 Å². The van der Waals surface area contributed by atoms with Gasteiger partial charge in [0.2, 0.25) is 29.4 Å². The number of fused-ring (bicyclic) bond motifs is 15. The first-order valence-corrected chi connectivity index (χ1v) is 59.0. The second-order valence-electron chi connectivity index (χ2n) is 41.3. The molecular weight excluding hydrogens is 2010 g/mol. The molecule has 0 saturated carbocycles. The van der Waals surface area contributed by atoms with E-state index in [0.717, 1.165) is 221 Å². The quantitative estimate of drug-likeness (QED) is 0.0379. The van der Waals surface area contributed by atoms with Gasteiger partial charge in [0.15, 0.2) is 49.6 Å². The molecule has 15 aliphatic rings. The smallest absolute Gasteiger partial charge is 0.331 e. The predicted molar refractivity (Wildman–Crippen MR) is 553 cm³/mol. The van der Waals surface area contributed by atoms with Crippen LogP contribution in [0.15, 0.2) is 73.7 Å². The molecule has 15 N–H and O–H groups in total. The molecule has 10 amide bonds. The summed E-state index contributed by atoms with van der Waals surface area (Å²) in [6.07, 6.45) is 36.6. The lowest BCUT2D eigenvalue weighted by molar-refractivity contribution is 0.0165. The van der Waals surface area contributed by atoms with E-state index in [9.17, 15) is 45.0 Å². The lowest BCUT2D eigenvalue weighted by Crippen LogP contribution is -2.36. The summed E-state index contributed by atoms with van der Waals surface area (Å²) in [5.74, 6) is 1.33. The maximum Gasteiger partial charge on any atom is 0.331 e. The first-order valence-electron chi connectivity index (χ1n) is 51.2. The van der Waals surface area contributed by atoms with Crippen LogP contribution in [0.5, 0.6) is 29.4 Å². The molecular formula is C101H127N25O18S5. The molecule has 0 saturated heterocycles. The zero-order valence-corrected chi connectivity index (χ0v) is 88.6. The van der Waals surface area contributed by atoms with Crippen molar-refractivity contribution < 1.29 is 82.9 Å². The Morgan fingerprint density at radius 2 is 0.537 bits per heavy atom. The van der Waals surface area contributed by atoms with Gasteiger partial charge in [0.1, 0.15) is 69.2 Å². The number of hydrogen-bond donors (Lipinski definition) is 15. The zero-order valence-electron chi connectivity index (χ0n) is 84.5. The average molecular weight is 2140 g/mol. The Morgan fingerprint density at radius 1 is 0.315 bits per heavy atom. The molecule has 8 atom stereocenters. The molecule has 10 aliphatic carbocycles. The van der Waals surface area contributed by atoms with Crippen LogP contribution >= 0.6 is 0 Å². The van der Waals surface area contributed by atoms with E-state index in [0.29, 0.717) is 57.7 Å². The summed E-state index contributed by atoms with van der Waals surface area (Å²) in [7, 11) is -13.4. The van der Waals surface area contributed by atoms with Gasteiger partial charge in [0.05, 0.1) is 70.3 Å². The van der Waals surface area contributed by atoms with E-state index in [1.165, 1.54) is 167 Å². The fourth-order valence-corrected chi connectivity index (χ4v) is 29.2. The first-order chi connectivity index (χ1) is 71.5. The van der Waals surface area contributed by atoms with Crippen LogP contribution in [0.2, 0.25) is 0 Å². The summed E-state index contributed by atoms with van der Waals surface area (Å²) in [4.78, 5) is 64.4. The van der Waals surface area contributed by atoms with Crippen LogP contribution in [0.4, 0.5) is 52.4 Å². The lowest BCUT2D eigenvalue weighted by atomic mass is 9.93. The van der Waals surface area contributed by atoms with Crippen molar-refractivity contribution in [1.29, 1.82) is 23.9 Å². The third-order valence-corrected chi connectivity index (χ3v) is 38.0. The Bertz CT molecular complexity index is 7410. The highest BCUT2D eigenvalue weighted by molar-refractivity contribution is 7.92. The number of aryl methyl sites for hydroxylation is 6. The number of nitrogens with one attached hydrogen (secondary N) is 15. The fraction of sp³-hybridized carbons (Fsp3) is 0.505. The number of aromatic nitrogens is 10.